The van der Waals surface area contributed by atoms with Crippen LogP contribution in [0, 0.1) is 11.3 Å². The molecule has 0 saturated heterocycles. The van der Waals surface area contributed by atoms with Crippen molar-refractivity contribution in [2.24, 2.45) is 0 Å². The fourth-order valence-corrected chi connectivity index (χ4v) is 4.79. The van der Waals surface area contributed by atoms with E-state index >= 15 is 0 Å². The van der Waals surface area contributed by atoms with Crippen molar-refractivity contribution in [3.63, 3.8) is 0 Å². The molecule has 8 nitrogen and oxygen atoms in total. The highest BCUT2D eigenvalue weighted by molar-refractivity contribution is 7.18. The summed E-state index contributed by atoms with van der Waals surface area (Å²) in [5, 5.41) is 12.7. The van der Waals surface area contributed by atoms with Gasteiger partial charge in [-0.3, -0.25) is 14.4 Å². The first-order chi connectivity index (χ1) is 14.0. The van der Waals surface area contributed by atoms with E-state index in [2.05, 4.69) is 15.3 Å². The van der Waals surface area contributed by atoms with Crippen molar-refractivity contribution in [1.29, 1.82) is 5.26 Å². The van der Waals surface area contributed by atoms with Crippen LogP contribution in [0.5, 0.6) is 0 Å². The van der Waals surface area contributed by atoms with Crippen LogP contribution in [0.4, 0.5) is 0 Å². The Morgan fingerprint density at radius 1 is 1.38 bits per heavy atom. The van der Waals surface area contributed by atoms with Crippen molar-refractivity contribution in [3.8, 4) is 6.07 Å². The summed E-state index contributed by atoms with van der Waals surface area (Å²) >= 11 is 1.46. The Morgan fingerprint density at radius 3 is 2.93 bits per heavy atom. The maximum atomic E-state index is 12.8. The Balaban J connectivity index is 1.66. The zero-order valence-corrected chi connectivity index (χ0v) is 16.5. The van der Waals surface area contributed by atoms with Crippen LogP contribution in [-0.4, -0.2) is 21.7 Å². The highest BCUT2D eigenvalue weighted by atomic mass is 32.1. The van der Waals surface area contributed by atoms with Gasteiger partial charge in [0.15, 0.2) is 11.7 Å². The number of carbonyl (C=O) groups is 2. The van der Waals surface area contributed by atoms with E-state index in [1.165, 1.54) is 24.3 Å². The number of Topliss-reactive ketones (excluding diaryl/α,β-unsaturated/α-hetero) is 1. The zero-order valence-electron chi connectivity index (χ0n) is 15.7. The van der Waals surface area contributed by atoms with Crippen molar-refractivity contribution in [3.05, 3.63) is 50.3 Å². The number of amides is 1. The molecule has 0 aliphatic heterocycles. The third kappa shape index (κ3) is 3.59. The summed E-state index contributed by atoms with van der Waals surface area (Å²) in [5.41, 5.74) is 0.730. The molecule has 2 N–H and O–H groups in total. The quantitative estimate of drug-likeness (QED) is 0.622. The van der Waals surface area contributed by atoms with Gasteiger partial charge in [0.1, 0.15) is 16.4 Å². The fourth-order valence-electron chi connectivity index (χ4n) is 3.52. The van der Waals surface area contributed by atoms with E-state index in [1.807, 2.05) is 6.07 Å². The fraction of sp³-hybridized carbons (Fsp3) is 0.350. The Bertz CT molecular complexity index is 1210. The molecule has 0 fully saturated rings. The third-order valence-electron chi connectivity index (χ3n) is 4.92. The number of H-pyrrole nitrogens is 1. The number of ketones is 1. The molecule has 3 heterocycles. The maximum absolute atomic E-state index is 12.8. The van der Waals surface area contributed by atoms with Gasteiger partial charge in [-0.1, -0.05) is 0 Å². The van der Waals surface area contributed by atoms with Crippen LogP contribution in [0.2, 0.25) is 0 Å². The topological polar surface area (TPSA) is 129 Å². The van der Waals surface area contributed by atoms with E-state index in [0.29, 0.717) is 16.0 Å². The van der Waals surface area contributed by atoms with Gasteiger partial charge in [0.2, 0.25) is 11.7 Å². The molecule has 0 bridgehead atoms. The summed E-state index contributed by atoms with van der Waals surface area (Å²) in [5.74, 6) is -1.71. The van der Waals surface area contributed by atoms with Gasteiger partial charge in [0.25, 0.3) is 5.56 Å². The molecule has 1 unspecified atom stereocenters. The minimum Gasteiger partial charge on any atom is -0.456 e. The number of nitrogens with one attached hydrogen (secondary N) is 2. The second kappa shape index (κ2) is 7.64. The van der Waals surface area contributed by atoms with Gasteiger partial charge in [-0.15, -0.1) is 11.3 Å². The van der Waals surface area contributed by atoms with Crippen molar-refractivity contribution < 1.29 is 14.0 Å². The summed E-state index contributed by atoms with van der Waals surface area (Å²) < 4.78 is 5.45. The number of aromatic amines is 1. The molecule has 148 valence electrons. The van der Waals surface area contributed by atoms with Crippen molar-refractivity contribution in [2.75, 3.05) is 0 Å². The summed E-state index contributed by atoms with van der Waals surface area (Å²) in [6.45, 7) is 1.52. The van der Waals surface area contributed by atoms with Crippen LogP contribution >= 0.6 is 11.3 Å². The number of carbonyl (C=O) groups excluding carboxylic acids is 2. The summed E-state index contributed by atoms with van der Waals surface area (Å²) in [4.78, 5) is 45.3. The molecule has 1 aliphatic carbocycles. The molecular weight excluding hydrogens is 392 g/mol. The van der Waals surface area contributed by atoms with Crippen LogP contribution in [0.25, 0.3) is 10.2 Å². The first-order valence-corrected chi connectivity index (χ1v) is 10.1. The Hall–Kier alpha value is -3.25. The van der Waals surface area contributed by atoms with E-state index in [4.69, 9.17) is 4.42 Å². The highest BCUT2D eigenvalue weighted by Crippen LogP contribution is 2.34. The standard InChI is InChI=1S/C20H18N4O4S/c1-10(25)22-9-11-6-7-14(28-11)17(26)13(8-21)18-23-19(27)16-12-4-2-3-5-15(12)29-20(16)24-18/h6-7,13H,2-5,9H2,1H3,(H,22,25)(H,23,24,27). The minimum atomic E-state index is -1.29. The van der Waals surface area contributed by atoms with Crippen LogP contribution < -0.4 is 10.9 Å². The maximum Gasteiger partial charge on any atom is 0.259 e. The van der Waals surface area contributed by atoms with Gasteiger partial charge in [-0.05, 0) is 43.4 Å². The van der Waals surface area contributed by atoms with Crippen LogP contribution in [0.3, 0.4) is 0 Å². The van der Waals surface area contributed by atoms with Gasteiger partial charge in [-0.2, -0.15) is 5.26 Å². The number of nitrogens with zero attached hydrogens (tertiary/aromatic N) is 2. The van der Waals surface area contributed by atoms with Gasteiger partial charge < -0.3 is 14.7 Å². The molecule has 0 saturated carbocycles. The van der Waals surface area contributed by atoms with E-state index < -0.39 is 11.7 Å². The molecule has 29 heavy (non-hydrogen) atoms. The first kappa shape index (κ1) is 19.1. The number of thiophene rings is 1. The second-order valence-electron chi connectivity index (χ2n) is 6.94. The van der Waals surface area contributed by atoms with Gasteiger partial charge in [0.05, 0.1) is 18.0 Å². The zero-order chi connectivity index (χ0) is 20.5. The Kier molecular flexibility index (Phi) is 5.03. The summed E-state index contributed by atoms with van der Waals surface area (Å²) in [6, 6.07) is 4.93. The second-order valence-corrected chi connectivity index (χ2v) is 8.03. The van der Waals surface area contributed by atoms with Crippen LogP contribution in [0.1, 0.15) is 58.3 Å². The minimum absolute atomic E-state index is 0.0217. The number of hydrogen-bond acceptors (Lipinski definition) is 7. The molecule has 0 aromatic carbocycles. The lowest BCUT2D eigenvalue weighted by molar-refractivity contribution is -0.119. The number of aromatic nitrogens is 2. The number of rotatable bonds is 5. The molecule has 0 radical (unpaired) electrons. The lowest BCUT2D eigenvalue weighted by Crippen LogP contribution is -2.20. The first-order valence-electron chi connectivity index (χ1n) is 9.29. The molecule has 1 atom stereocenters. The molecule has 4 rings (SSSR count). The lowest BCUT2D eigenvalue weighted by Gasteiger charge is -2.09. The summed E-state index contributed by atoms with van der Waals surface area (Å²) in [7, 11) is 0. The molecule has 9 heteroatoms. The predicted molar refractivity (Wildman–Crippen MR) is 106 cm³/mol. The Labute approximate surface area is 169 Å². The molecule has 1 aliphatic rings. The molecular formula is C20H18N4O4S. The predicted octanol–water partition coefficient (Wildman–Crippen LogP) is 2.58. The average Bonchev–Trinajstić information content (AvgIpc) is 3.31. The van der Waals surface area contributed by atoms with Crippen molar-refractivity contribution in [2.45, 2.75) is 45.1 Å². The van der Waals surface area contributed by atoms with E-state index in [9.17, 15) is 19.6 Å². The Morgan fingerprint density at radius 2 is 2.17 bits per heavy atom. The number of hydrogen-bond donors (Lipinski definition) is 2. The monoisotopic (exact) mass is 410 g/mol. The van der Waals surface area contributed by atoms with E-state index in [-0.39, 0.29) is 29.6 Å². The average molecular weight is 410 g/mol. The van der Waals surface area contributed by atoms with E-state index in [0.717, 1.165) is 36.1 Å². The smallest absolute Gasteiger partial charge is 0.259 e. The molecule has 1 amide bonds. The number of nitriles is 1. The summed E-state index contributed by atoms with van der Waals surface area (Å²) in [6.07, 6.45) is 3.90. The molecule has 0 spiro atoms. The lowest BCUT2D eigenvalue weighted by atomic mass is 9.97. The third-order valence-corrected chi connectivity index (χ3v) is 6.11. The largest absolute Gasteiger partial charge is 0.456 e. The van der Waals surface area contributed by atoms with Crippen molar-refractivity contribution >= 4 is 33.2 Å². The van der Waals surface area contributed by atoms with E-state index in [1.54, 1.807) is 6.07 Å². The van der Waals surface area contributed by atoms with Gasteiger partial charge in [0, 0.05) is 11.8 Å². The van der Waals surface area contributed by atoms with Crippen LogP contribution in [-0.2, 0) is 24.2 Å². The number of fused-ring (bicyclic) bond motifs is 3. The van der Waals surface area contributed by atoms with Crippen molar-refractivity contribution in [1.82, 2.24) is 15.3 Å². The normalized spacial score (nSPS) is 14.2. The van der Waals surface area contributed by atoms with Gasteiger partial charge >= 0.3 is 0 Å². The SMILES string of the molecule is CC(=O)NCc1ccc(C(=O)C(C#N)c2nc3sc4c(c3c(=O)[nH]2)CCCC4)o1. The van der Waals surface area contributed by atoms with Gasteiger partial charge in [-0.25, -0.2) is 4.98 Å². The van der Waals surface area contributed by atoms with Crippen LogP contribution in [0.15, 0.2) is 21.3 Å². The highest BCUT2D eigenvalue weighted by Gasteiger charge is 2.29. The number of furan rings is 1. The molecule has 3 aromatic heterocycles. The number of aryl methyl sites for hydroxylation is 2. The molecule has 3 aromatic rings.